The molecular formula is C12H20N4O4. The third-order valence-electron chi connectivity index (χ3n) is 2.58. The summed E-state index contributed by atoms with van der Waals surface area (Å²) in [5, 5.41) is 17.9. The van der Waals surface area contributed by atoms with Gasteiger partial charge in [0.1, 0.15) is 0 Å². The summed E-state index contributed by atoms with van der Waals surface area (Å²) in [5.74, 6) is -0.876. The zero-order chi connectivity index (χ0) is 15.0. The predicted molar refractivity (Wildman–Crippen MR) is 72.6 cm³/mol. The molecule has 8 nitrogen and oxygen atoms in total. The normalized spacial score (nSPS) is 11.9. The van der Waals surface area contributed by atoms with E-state index in [9.17, 15) is 9.59 Å². The van der Waals surface area contributed by atoms with Gasteiger partial charge in [-0.1, -0.05) is 0 Å². The Morgan fingerprint density at radius 3 is 2.95 bits per heavy atom. The van der Waals surface area contributed by atoms with Gasteiger partial charge < -0.3 is 20.5 Å². The third kappa shape index (κ3) is 6.19. The fourth-order valence-electron chi connectivity index (χ4n) is 1.54. The number of urea groups is 1. The zero-order valence-electron chi connectivity index (χ0n) is 11.6. The van der Waals surface area contributed by atoms with E-state index in [0.29, 0.717) is 25.3 Å². The zero-order valence-corrected chi connectivity index (χ0v) is 11.6. The van der Waals surface area contributed by atoms with Gasteiger partial charge in [0.05, 0.1) is 25.0 Å². The Morgan fingerprint density at radius 2 is 2.30 bits per heavy atom. The van der Waals surface area contributed by atoms with Crippen molar-refractivity contribution in [1.29, 1.82) is 0 Å². The fourth-order valence-corrected chi connectivity index (χ4v) is 1.54. The first-order valence-corrected chi connectivity index (χ1v) is 6.32. The first-order chi connectivity index (χ1) is 9.51. The Hall–Kier alpha value is -2.09. The van der Waals surface area contributed by atoms with E-state index in [4.69, 9.17) is 9.84 Å². The first kappa shape index (κ1) is 16.0. The maximum atomic E-state index is 11.7. The Bertz CT molecular complexity index is 446. The van der Waals surface area contributed by atoms with E-state index < -0.39 is 5.97 Å². The molecule has 112 valence electrons. The molecule has 1 heterocycles. The number of carbonyl (C=O) groups excluding carboxylic acids is 1. The van der Waals surface area contributed by atoms with Crippen LogP contribution in [0.2, 0.25) is 0 Å². The van der Waals surface area contributed by atoms with Crippen LogP contribution in [0.25, 0.3) is 0 Å². The highest BCUT2D eigenvalue weighted by Gasteiger charge is 2.10. The van der Waals surface area contributed by atoms with E-state index in [1.807, 2.05) is 0 Å². The van der Waals surface area contributed by atoms with Gasteiger partial charge in [0, 0.05) is 25.8 Å². The number of hydrogen-bond donors (Lipinski definition) is 3. The van der Waals surface area contributed by atoms with Crippen LogP contribution in [0.15, 0.2) is 12.4 Å². The fraction of sp³-hybridized carbons (Fsp3) is 0.583. The molecule has 3 N–H and O–H groups in total. The monoisotopic (exact) mass is 284 g/mol. The minimum absolute atomic E-state index is 0.0242. The molecule has 2 amide bonds. The van der Waals surface area contributed by atoms with Gasteiger partial charge in [0.15, 0.2) is 0 Å². The van der Waals surface area contributed by atoms with E-state index in [1.54, 1.807) is 24.9 Å². The molecule has 0 aromatic carbocycles. The smallest absolute Gasteiger partial charge is 0.319 e. The van der Waals surface area contributed by atoms with Gasteiger partial charge in [-0.2, -0.15) is 5.10 Å². The second kappa shape index (κ2) is 8.16. The Morgan fingerprint density at radius 1 is 1.55 bits per heavy atom. The van der Waals surface area contributed by atoms with Gasteiger partial charge in [-0.25, -0.2) is 4.79 Å². The molecule has 0 saturated carbocycles. The quantitative estimate of drug-likeness (QED) is 0.658. The van der Waals surface area contributed by atoms with Gasteiger partial charge in [0.2, 0.25) is 0 Å². The van der Waals surface area contributed by atoms with Gasteiger partial charge in [-0.3, -0.25) is 9.48 Å². The number of aliphatic carboxylic acids is 1. The summed E-state index contributed by atoms with van der Waals surface area (Å²) in [6, 6.07) is -0.594. The summed E-state index contributed by atoms with van der Waals surface area (Å²) in [6.07, 6.45) is 3.64. The molecule has 0 radical (unpaired) electrons. The summed E-state index contributed by atoms with van der Waals surface area (Å²) in [6.45, 7) is 2.90. The summed E-state index contributed by atoms with van der Waals surface area (Å²) >= 11 is 0. The summed E-state index contributed by atoms with van der Waals surface area (Å²) in [7, 11) is 1.61. The van der Waals surface area contributed by atoms with E-state index in [2.05, 4.69) is 15.7 Å². The molecule has 20 heavy (non-hydrogen) atoms. The maximum Gasteiger partial charge on any atom is 0.319 e. The first-order valence-electron chi connectivity index (χ1n) is 6.32. The van der Waals surface area contributed by atoms with Gasteiger partial charge in [-0.05, 0) is 13.3 Å². The SMILES string of the molecule is COCCn1cc(NC(=O)NC(C)CCC(=O)O)cn1. The van der Waals surface area contributed by atoms with E-state index in [-0.39, 0.29) is 18.5 Å². The van der Waals surface area contributed by atoms with Crippen molar-refractivity contribution >= 4 is 17.7 Å². The lowest BCUT2D eigenvalue weighted by molar-refractivity contribution is -0.137. The molecule has 0 saturated heterocycles. The molecule has 1 aromatic rings. The topological polar surface area (TPSA) is 105 Å². The molecule has 1 atom stereocenters. The van der Waals surface area contributed by atoms with Gasteiger partial charge in [-0.15, -0.1) is 0 Å². The number of methoxy groups -OCH3 is 1. The van der Waals surface area contributed by atoms with E-state index in [0.717, 1.165) is 0 Å². The number of carboxylic acid groups (broad SMARTS) is 1. The molecule has 8 heteroatoms. The molecule has 0 fully saturated rings. The van der Waals surface area contributed by atoms with Crippen LogP contribution in [-0.4, -0.2) is 46.6 Å². The van der Waals surface area contributed by atoms with Crippen molar-refractivity contribution in [3.63, 3.8) is 0 Å². The number of carbonyl (C=O) groups is 2. The third-order valence-corrected chi connectivity index (χ3v) is 2.58. The van der Waals surface area contributed by atoms with Crippen LogP contribution in [0.1, 0.15) is 19.8 Å². The van der Waals surface area contributed by atoms with Crippen molar-refractivity contribution in [3.8, 4) is 0 Å². The second-order valence-electron chi connectivity index (χ2n) is 4.42. The van der Waals surface area contributed by atoms with E-state index in [1.165, 1.54) is 6.20 Å². The number of ether oxygens (including phenoxy) is 1. The van der Waals surface area contributed by atoms with Crippen molar-refractivity contribution in [2.75, 3.05) is 19.0 Å². The van der Waals surface area contributed by atoms with Crippen molar-refractivity contribution < 1.29 is 19.4 Å². The molecule has 0 aliphatic heterocycles. The molecular weight excluding hydrogens is 264 g/mol. The minimum atomic E-state index is -0.876. The largest absolute Gasteiger partial charge is 0.481 e. The van der Waals surface area contributed by atoms with Gasteiger partial charge in [0.25, 0.3) is 0 Å². The highest BCUT2D eigenvalue weighted by molar-refractivity contribution is 5.89. The number of nitrogens with one attached hydrogen (secondary N) is 2. The number of rotatable bonds is 8. The van der Waals surface area contributed by atoms with Crippen LogP contribution in [0.5, 0.6) is 0 Å². The van der Waals surface area contributed by atoms with Crippen molar-refractivity contribution in [2.24, 2.45) is 0 Å². The average molecular weight is 284 g/mol. The molecule has 0 aliphatic carbocycles. The number of aromatic nitrogens is 2. The molecule has 0 aliphatic rings. The second-order valence-corrected chi connectivity index (χ2v) is 4.42. The van der Waals surface area contributed by atoms with Crippen LogP contribution in [-0.2, 0) is 16.1 Å². The summed E-state index contributed by atoms with van der Waals surface area (Å²) in [4.78, 5) is 22.1. The lowest BCUT2D eigenvalue weighted by Gasteiger charge is -2.12. The summed E-state index contributed by atoms with van der Waals surface area (Å²) in [5.41, 5.74) is 0.573. The predicted octanol–water partition coefficient (Wildman–Crippen LogP) is 0.904. The lowest BCUT2D eigenvalue weighted by atomic mass is 10.2. The van der Waals surface area contributed by atoms with Crippen molar-refractivity contribution in [1.82, 2.24) is 15.1 Å². The molecule has 1 rings (SSSR count). The summed E-state index contributed by atoms with van der Waals surface area (Å²) < 4.78 is 6.59. The minimum Gasteiger partial charge on any atom is -0.481 e. The van der Waals surface area contributed by atoms with Crippen LogP contribution in [0.4, 0.5) is 10.5 Å². The average Bonchev–Trinajstić information content (AvgIpc) is 2.81. The highest BCUT2D eigenvalue weighted by atomic mass is 16.5. The number of amides is 2. The molecule has 1 aromatic heterocycles. The van der Waals surface area contributed by atoms with Crippen LogP contribution < -0.4 is 10.6 Å². The lowest BCUT2D eigenvalue weighted by Crippen LogP contribution is -2.36. The van der Waals surface area contributed by atoms with Gasteiger partial charge >= 0.3 is 12.0 Å². The maximum absolute atomic E-state index is 11.7. The molecule has 0 spiro atoms. The number of carboxylic acids is 1. The molecule has 0 bridgehead atoms. The standard InChI is InChI=1S/C12H20N4O4/c1-9(3-4-11(17)18)14-12(19)15-10-7-13-16(8-10)5-6-20-2/h7-9H,3-6H2,1-2H3,(H,17,18)(H2,14,15,19). The Labute approximate surface area is 117 Å². The number of anilines is 1. The van der Waals surface area contributed by atoms with Crippen LogP contribution in [0.3, 0.4) is 0 Å². The number of nitrogens with zero attached hydrogens (tertiary/aromatic N) is 2. The van der Waals surface area contributed by atoms with Crippen LogP contribution in [0, 0.1) is 0 Å². The molecule has 1 unspecified atom stereocenters. The van der Waals surface area contributed by atoms with E-state index >= 15 is 0 Å². The van der Waals surface area contributed by atoms with Crippen molar-refractivity contribution in [3.05, 3.63) is 12.4 Å². The highest BCUT2D eigenvalue weighted by Crippen LogP contribution is 2.05. The van der Waals surface area contributed by atoms with Crippen molar-refractivity contribution in [2.45, 2.75) is 32.4 Å². The van der Waals surface area contributed by atoms with Crippen LogP contribution >= 0.6 is 0 Å². The Balaban J connectivity index is 2.34. The Kier molecular flexibility index (Phi) is 6.51. The number of hydrogen-bond acceptors (Lipinski definition) is 4.